The molecule has 23 heavy (non-hydrogen) atoms. The van der Waals surface area contributed by atoms with Crippen molar-refractivity contribution in [3.8, 4) is 21.6 Å². The van der Waals surface area contributed by atoms with Crippen molar-refractivity contribution in [1.29, 1.82) is 0 Å². The van der Waals surface area contributed by atoms with E-state index < -0.39 is 5.97 Å². The molecule has 0 unspecified atom stereocenters. The largest absolute Gasteiger partial charge is 0.478 e. The molecule has 0 saturated carbocycles. The maximum absolute atomic E-state index is 11.2. The Morgan fingerprint density at radius 2 is 1.74 bits per heavy atom. The molecule has 3 heteroatoms. The first-order valence-corrected chi connectivity index (χ1v) is 8.46. The smallest absolute Gasteiger partial charge is 0.335 e. The van der Waals surface area contributed by atoms with Crippen LogP contribution in [0.25, 0.3) is 21.6 Å². The van der Waals surface area contributed by atoms with Crippen LogP contribution >= 0.6 is 11.3 Å². The van der Waals surface area contributed by atoms with Crippen LogP contribution in [-0.4, -0.2) is 11.1 Å². The molecule has 116 valence electrons. The SMILES string of the molecule is CC(C)c1ccc(-c2ccsc2-c2cccc(C(=O)O)c2)cc1. The molecule has 1 aromatic heterocycles. The zero-order valence-electron chi connectivity index (χ0n) is 13.1. The second-order valence-electron chi connectivity index (χ2n) is 5.83. The Kier molecular flexibility index (Phi) is 4.30. The summed E-state index contributed by atoms with van der Waals surface area (Å²) in [5.41, 5.74) is 4.89. The minimum atomic E-state index is -0.897. The van der Waals surface area contributed by atoms with E-state index >= 15 is 0 Å². The summed E-state index contributed by atoms with van der Waals surface area (Å²) >= 11 is 1.64. The van der Waals surface area contributed by atoms with Gasteiger partial charge in [0.25, 0.3) is 0 Å². The molecule has 1 N–H and O–H groups in total. The lowest BCUT2D eigenvalue weighted by molar-refractivity contribution is 0.0697. The van der Waals surface area contributed by atoms with Gasteiger partial charge in [-0.1, -0.05) is 50.2 Å². The lowest BCUT2D eigenvalue weighted by atomic mass is 9.97. The third kappa shape index (κ3) is 3.20. The van der Waals surface area contributed by atoms with Gasteiger partial charge in [0, 0.05) is 10.4 Å². The van der Waals surface area contributed by atoms with Crippen molar-refractivity contribution >= 4 is 17.3 Å². The molecule has 0 fully saturated rings. The van der Waals surface area contributed by atoms with Crippen LogP contribution < -0.4 is 0 Å². The third-order valence-corrected chi connectivity index (χ3v) is 4.89. The van der Waals surface area contributed by atoms with Gasteiger partial charge >= 0.3 is 5.97 Å². The van der Waals surface area contributed by atoms with Gasteiger partial charge in [0.05, 0.1) is 5.56 Å². The number of carboxylic acid groups (broad SMARTS) is 1. The van der Waals surface area contributed by atoms with E-state index in [1.165, 1.54) is 5.56 Å². The maximum atomic E-state index is 11.2. The van der Waals surface area contributed by atoms with E-state index in [9.17, 15) is 9.90 Å². The zero-order valence-corrected chi connectivity index (χ0v) is 13.9. The summed E-state index contributed by atoms with van der Waals surface area (Å²) in [7, 11) is 0. The predicted octanol–water partition coefficient (Wildman–Crippen LogP) is 5.90. The summed E-state index contributed by atoms with van der Waals surface area (Å²) < 4.78 is 0. The standard InChI is InChI=1S/C20H18O2S/c1-13(2)14-6-8-15(9-7-14)18-10-11-23-19(18)16-4-3-5-17(12-16)20(21)22/h3-13H,1-2H3,(H,21,22). The Labute approximate surface area is 140 Å². The van der Waals surface area contributed by atoms with Crippen molar-refractivity contribution in [2.75, 3.05) is 0 Å². The van der Waals surface area contributed by atoms with Crippen molar-refractivity contribution in [1.82, 2.24) is 0 Å². The quantitative estimate of drug-likeness (QED) is 0.649. The summed E-state index contributed by atoms with van der Waals surface area (Å²) in [6.45, 7) is 4.37. The monoisotopic (exact) mass is 322 g/mol. The highest BCUT2D eigenvalue weighted by atomic mass is 32.1. The molecule has 0 spiro atoms. The minimum absolute atomic E-state index is 0.317. The van der Waals surface area contributed by atoms with E-state index in [2.05, 4.69) is 49.6 Å². The highest BCUT2D eigenvalue weighted by Gasteiger charge is 2.11. The molecule has 0 radical (unpaired) electrons. The minimum Gasteiger partial charge on any atom is -0.478 e. The van der Waals surface area contributed by atoms with Crippen molar-refractivity contribution in [2.24, 2.45) is 0 Å². The fourth-order valence-corrected chi connectivity index (χ4v) is 3.52. The molecule has 2 aromatic carbocycles. The van der Waals surface area contributed by atoms with Crippen LogP contribution in [0.2, 0.25) is 0 Å². The number of aromatic carboxylic acids is 1. The number of hydrogen-bond acceptors (Lipinski definition) is 2. The van der Waals surface area contributed by atoms with E-state index in [4.69, 9.17) is 0 Å². The average Bonchev–Trinajstić information content (AvgIpc) is 3.04. The molecule has 0 saturated heterocycles. The van der Waals surface area contributed by atoms with Gasteiger partial charge in [-0.15, -0.1) is 11.3 Å². The molecule has 3 rings (SSSR count). The van der Waals surface area contributed by atoms with E-state index in [-0.39, 0.29) is 0 Å². The van der Waals surface area contributed by atoms with E-state index in [1.807, 2.05) is 6.07 Å². The molecule has 3 aromatic rings. The molecule has 1 heterocycles. The van der Waals surface area contributed by atoms with Crippen LogP contribution in [0, 0.1) is 0 Å². The number of carbonyl (C=O) groups is 1. The highest BCUT2D eigenvalue weighted by molar-refractivity contribution is 7.14. The number of hydrogen-bond donors (Lipinski definition) is 1. The normalized spacial score (nSPS) is 10.9. The van der Waals surface area contributed by atoms with E-state index in [0.29, 0.717) is 11.5 Å². The third-order valence-electron chi connectivity index (χ3n) is 3.93. The molecule has 0 amide bonds. The van der Waals surface area contributed by atoms with Gasteiger partial charge in [0.15, 0.2) is 0 Å². The molecule has 2 nitrogen and oxygen atoms in total. The van der Waals surface area contributed by atoms with Crippen LogP contribution in [0.1, 0.15) is 35.7 Å². The lowest BCUT2D eigenvalue weighted by Crippen LogP contribution is -1.95. The fourth-order valence-electron chi connectivity index (χ4n) is 2.60. The van der Waals surface area contributed by atoms with Crippen molar-refractivity contribution < 1.29 is 9.90 Å². The molecule has 0 aliphatic carbocycles. The summed E-state index contributed by atoms with van der Waals surface area (Å²) in [4.78, 5) is 12.3. The number of thiophene rings is 1. The van der Waals surface area contributed by atoms with Gasteiger partial charge < -0.3 is 5.11 Å². The Morgan fingerprint density at radius 1 is 1.00 bits per heavy atom. The van der Waals surface area contributed by atoms with Crippen molar-refractivity contribution in [3.05, 3.63) is 71.1 Å². The molecular formula is C20H18O2S. The number of benzene rings is 2. The maximum Gasteiger partial charge on any atom is 0.335 e. The van der Waals surface area contributed by atoms with Crippen LogP contribution in [0.4, 0.5) is 0 Å². The Morgan fingerprint density at radius 3 is 2.39 bits per heavy atom. The average molecular weight is 322 g/mol. The molecule has 0 aliphatic rings. The predicted molar refractivity (Wildman–Crippen MR) is 96.2 cm³/mol. The van der Waals surface area contributed by atoms with Crippen molar-refractivity contribution in [3.63, 3.8) is 0 Å². The van der Waals surface area contributed by atoms with Gasteiger partial charge in [0.2, 0.25) is 0 Å². The molecule has 0 aliphatic heterocycles. The Hall–Kier alpha value is -2.39. The molecule has 0 atom stereocenters. The molecule has 0 bridgehead atoms. The van der Waals surface area contributed by atoms with Crippen LogP contribution in [-0.2, 0) is 0 Å². The highest BCUT2D eigenvalue weighted by Crippen LogP contribution is 2.37. The molecular weight excluding hydrogens is 304 g/mol. The summed E-state index contributed by atoms with van der Waals surface area (Å²) in [5, 5.41) is 11.2. The van der Waals surface area contributed by atoms with Gasteiger partial charge in [-0.05, 0) is 46.2 Å². The fraction of sp³-hybridized carbons (Fsp3) is 0.150. The van der Waals surface area contributed by atoms with Crippen LogP contribution in [0.3, 0.4) is 0 Å². The first-order chi connectivity index (χ1) is 11.1. The summed E-state index contributed by atoms with van der Waals surface area (Å²) in [6.07, 6.45) is 0. The van der Waals surface area contributed by atoms with Crippen molar-refractivity contribution in [2.45, 2.75) is 19.8 Å². The van der Waals surface area contributed by atoms with Gasteiger partial charge in [-0.3, -0.25) is 0 Å². The zero-order chi connectivity index (χ0) is 16.4. The van der Waals surface area contributed by atoms with E-state index in [1.54, 1.807) is 29.5 Å². The number of rotatable bonds is 4. The summed E-state index contributed by atoms with van der Waals surface area (Å²) in [6, 6.07) is 17.8. The first-order valence-electron chi connectivity index (χ1n) is 7.58. The van der Waals surface area contributed by atoms with E-state index in [0.717, 1.165) is 21.6 Å². The Bertz CT molecular complexity index is 829. The lowest BCUT2D eigenvalue weighted by Gasteiger charge is -2.08. The van der Waals surface area contributed by atoms with Gasteiger partial charge in [-0.2, -0.15) is 0 Å². The summed E-state index contributed by atoms with van der Waals surface area (Å²) in [5.74, 6) is -0.385. The Balaban J connectivity index is 2.02. The topological polar surface area (TPSA) is 37.3 Å². The second kappa shape index (κ2) is 6.39. The van der Waals surface area contributed by atoms with Crippen LogP contribution in [0.5, 0.6) is 0 Å². The second-order valence-corrected chi connectivity index (χ2v) is 6.74. The van der Waals surface area contributed by atoms with Gasteiger partial charge in [-0.25, -0.2) is 4.79 Å². The van der Waals surface area contributed by atoms with Gasteiger partial charge in [0.1, 0.15) is 0 Å². The first kappa shape index (κ1) is 15.5. The van der Waals surface area contributed by atoms with Crippen LogP contribution in [0.15, 0.2) is 60.0 Å². The number of carboxylic acids is 1.